The number of nitrogens with two attached hydrogens (primary N) is 1. The van der Waals surface area contributed by atoms with Crippen LogP contribution in [0.4, 0.5) is 19.1 Å². The highest BCUT2D eigenvalue weighted by Crippen LogP contribution is 2.39. The zero-order chi connectivity index (χ0) is 23.8. The molecule has 1 saturated heterocycles. The Morgan fingerprint density at radius 3 is 2.59 bits per heavy atom. The van der Waals surface area contributed by atoms with Gasteiger partial charge in [-0.05, 0) is 6.42 Å². The molecule has 0 unspecified atom stereocenters. The number of aromatic nitrogens is 4. The van der Waals surface area contributed by atoms with Gasteiger partial charge in [-0.2, -0.15) is 18.2 Å². The summed E-state index contributed by atoms with van der Waals surface area (Å²) in [7, 11) is 0. The van der Waals surface area contributed by atoms with E-state index in [2.05, 4.69) is 14.7 Å². The molecule has 0 bridgehead atoms. The fourth-order valence-electron chi connectivity index (χ4n) is 3.68. The van der Waals surface area contributed by atoms with Crippen LogP contribution in [0.1, 0.15) is 39.8 Å². The van der Waals surface area contributed by atoms with Crippen LogP contribution in [0.5, 0.6) is 0 Å². The summed E-state index contributed by atoms with van der Waals surface area (Å²) >= 11 is 0. The second kappa shape index (κ2) is 8.76. The lowest BCUT2D eigenvalue weighted by Gasteiger charge is -2.25. The van der Waals surface area contributed by atoms with Crippen molar-refractivity contribution in [2.24, 2.45) is 0 Å². The van der Waals surface area contributed by atoms with Crippen LogP contribution in [-0.2, 0) is 30.3 Å². The van der Waals surface area contributed by atoms with Crippen LogP contribution < -0.4 is 11.4 Å². The van der Waals surface area contributed by atoms with Gasteiger partial charge in [-0.25, -0.2) is 14.3 Å². The molecule has 0 saturated carbocycles. The summed E-state index contributed by atoms with van der Waals surface area (Å²) in [6.45, 7) is 3.99. The standard InChI is InChI=1S/C18H22F3N5O6/c1-4-5-25-10-7-23-16(22)24-14(10)26(17(25)29)15-12(30-8(2)27)6-11(32-15)13(18(19,20)21)31-9(3)28/h7,11-13,15H,4-6H2,1-3H3,(H2,22,23,24)/t11-,12+,13+,15+/m0/s1. The van der Waals surface area contributed by atoms with Crippen molar-refractivity contribution >= 4 is 29.1 Å². The number of carbonyl (C=O) groups excluding carboxylic acids is 2. The number of rotatable bonds is 6. The third-order valence-electron chi connectivity index (χ3n) is 4.79. The van der Waals surface area contributed by atoms with E-state index in [-0.39, 0.29) is 23.7 Å². The monoisotopic (exact) mass is 461 g/mol. The minimum absolute atomic E-state index is 0.00907. The Bertz CT molecular complexity index is 1080. The number of fused-ring (bicyclic) bond motifs is 1. The first-order valence-electron chi connectivity index (χ1n) is 9.73. The minimum atomic E-state index is -4.96. The molecule has 0 spiro atoms. The predicted molar refractivity (Wildman–Crippen MR) is 102 cm³/mol. The number of hydrogen-bond acceptors (Lipinski definition) is 9. The van der Waals surface area contributed by atoms with Crippen LogP contribution in [0.25, 0.3) is 11.2 Å². The summed E-state index contributed by atoms with van der Waals surface area (Å²) in [4.78, 5) is 43.9. The molecular weight excluding hydrogens is 439 g/mol. The summed E-state index contributed by atoms with van der Waals surface area (Å²) in [5.41, 5.74) is 5.29. The van der Waals surface area contributed by atoms with Crippen molar-refractivity contribution < 1.29 is 37.0 Å². The molecule has 0 radical (unpaired) electrons. The molecule has 1 fully saturated rings. The fourth-order valence-corrected chi connectivity index (χ4v) is 3.68. The van der Waals surface area contributed by atoms with Gasteiger partial charge in [0.1, 0.15) is 17.7 Å². The molecule has 1 aliphatic heterocycles. The average molecular weight is 461 g/mol. The second-order valence-corrected chi connectivity index (χ2v) is 7.26. The Hall–Kier alpha value is -3.16. The fraction of sp³-hybridized carbons (Fsp3) is 0.611. The highest BCUT2D eigenvalue weighted by atomic mass is 19.4. The van der Waals surface area contributed by atoms with Gasteiger partial charge in [0.25, 0.3) is 0 Å². The minimum Gasteiger partial charge on any atom is -0.458 e. The molecule has 176 valence electrons. The molecule has 4 atom stereocenters. The highest BCUT2D eigenvalue weighted by molar-refractivity contribution is 5.72. The van der Waals surface area contributed by atoms with Gasteiger partial charge in [0.15, 0.2) is 11.9 Å². The van der Waals surface area contributed by atoms with Crippen molar-refractivity contribution in [3.63, 3.8) is 0 Å². The quantitative estimate of drug-likeness (QED) is 0.630. The van der Waals surface area contributed by atoms with Gasteiger partial charge in [-0.15, -0.1) is 0 Å². The average Bonchev–Trinajstić information content (AvgIpc) is 3.17. The first-order chi connectivity index (χ1) is 14.9. The van der Waals surface area contributed by atoms with Crippen LogP contribution >= 0.6 is 0 Å². The number of aryl methyl sites for hydroxylation is 1. The van der Waals surface area contributed by atoms with Gasteiger partial charge in [-0.3, -0.25) is 14.2 Å². The summed E-state index contributed by atoms with van der Waals surface area (Å²) in [6, 6.07) is 0. The van der Waals surface area contributed by atoms with Crippen molar-refractivity contribution in [2.75, 3.05) is 5.73 Å². The Morgan fingerprint density at radius 1 is 1.34 bits per heavy atom. The van der Waals surface area contributed by atoms with E-state index in [0.29, 0.717) is 6.42 Å². The number of anilines is 1. The van der Waals surface area contributed by atoms with Crippen LogP contribution in [-0.4, -0.2) is 55.5 Å². The highest BCUT2D eigenvalue weighted by Gasteiger charge is 2.54. The number of nitrogen functional groups attached to an aromatic ring is 1. The van der Waals surface area contributed by atoms with Gasteiger partial charge >= 0.3 is 23.8 Å². The van der Waals surface area contributed by atoms with E-state index in [1.165, 1.54) is 10.8 Å². The number of esters is 2. The maximum atomic E-state index is 13.6. The van der Waals surface area contributed by atoms with Gasteiger partial charge in [0.05, 0.1) is 6.20 Å². The molecule has 3 heterocycles. The molecule has 32 heavy (non-hydrogen) atoms. The summed E-state index contributed by atoms with van der Waals surface area (Å²) < 4.78 is 58.2. The van der Waals surface area contributed by atoms with Crippen molar-refractivity contribution in [1.82, 2.24) is 19.1 Å². The number of alkyl halides is 3. The first kappa shape index (κ1) is 23.5. The van der Waals surface area contributed by atoms with E-state index < -0.39 is 54.8 Å². The van der Waals surface area contributed by atoms with E-state index in [0.717, 1.165) is 18.4 Å². The molecule has 14 heteroatoms. The Kier molecular flexibility index (Phi) is 6.44. The zero-order valence-corrected chi connectivity index (χ0v) is 17.5. The number of carbonyl (C=O) groups is 2. The van der Waals surface area contributed by atoms with Gasteiger partial charge < -0.3 is 19.9 Å². The Balaban J connectivity index is 2.12. The lowest BCUT2D eigenvalue weighted by molar-refractivity contribution is -0.248. The largest absolute Gasteiger partial charge is 0.458 e. The molecule has 2 aromatic rings. The van der Waals surface area contributed by atoms with Crippen LogP contribution in [0, 0.1) is 0 Å². The van der Waals surface area contributed by atoms with E-state index in [9.17, 15) is 27.6 Å². The first-order valence-corrected chi connectivity index (χ1v) is 9.73. The van der Waals surface area contributed by atoms with Crippen molar-refractivity contribution in [3.8, 4) is 0 Å². The molecule has 2 N–H and O–H groups in total. The molecule has 1 aliphatic rings. The number of hydrogen-bond donors (Lipinski definition) is 1. The summed E-state index contributed by atoms with van der Waals surface area (Å²) in [6.07, 6.45) is -10.7. The molecule has 2 aromatic heterocycles. The molecule has 0 aliphatic carbocycles. The van der Waals surface area contributed by atoms with E-state index in [1.807, 2.05) is 6.92 Å². The molecule has 0 amide bonds. The lowest BCUT2D eigenvalue weighted by Crippen LogP contribution is -2.43. The Morgan fingerprint density at radius 2 is 2.03 bits per heavy atom. The van der Waals surface area contributed by atoms with Gasteiger partial charge in [0.2, 0.25) is 12.1 Å². The van der Waals surface area contributed by atoms with E-state index in [4.69, 9.17) is 15.2 Å². The molecule has 0 aromatic carbocycles. The number of halogens is 3. The van der Waals surface area contributed by atoms with E-state index in [1.54, 1.807) is 0 Å². The smallest absolute Gasteiger partial charge is 0.428 e. The second-order valence-electron chi connectivity index (χ2n) is 7.26. The number of imidazole rings is 1. The molecular formula is C18H22F3N5O6. The van der Waals surface area contributed by atoms with Crippen LogP contribution in [0.2, 0.25) is 0 Å². The van der Waals surface area contributed by atoms with E-state index >= 15 is 0 Å². The summed E-state index contributed by atoms with van der Waals surface area (Å²) in [5.74, 6) is -2.13. The van der Waals surface area contributed by atoms with Crippen molar-refractivity contribution in [3.05, 3.63) is 16.7 Å². The van der Waals surface area contributed by atoms with Crippen LogP contribution in [0.15, 0.2) is 11.0 Å². The molecule has 11 nitrogen and oxygen atoms in total. The summed E-state index contributed by atoms with van der Waals surface area (Å²) in [5, 5.41) is 0. The normalized spacial score (nSPS) is 22.1. The number of nitrogens with zero attached hydrogens (tertiary/aromatic N) is 4. The van der Waals surface area contributed by atoms with Crippen LogP contribution in [0.3, 0.4) is 0 Å². The zero-order valence-electron chi connectivity index (χ0n) is 17.5. The Labute approximate surface area is 179 Å². The maximum absolute atomic E-state index is 13.6. The van der Waals surface area contributed by atoms with Gasteiger partial charge in [0, 0.05) is 26.8 Å². The van der Waals surface area contributed by atoms with Crippen molar-refractivity contribution in [2.45, 2.75) is 70.9 Å². The predicted octanol–water partition coefficient (Wildman–Crippen LogP) is 1.30. The third kappa shape index (κ3) is 4.54. The maximum Gasteiger partial charge on any atom is 0.428 e. The van der Waals surface area contributed by atoms with Gasteiger partial charge in [-0.1, -0.05) is 6.92 Å². The molecule has 3 rings (SSSR count). The topological polar surface area (TPSA) is 141 Å². The lowest BCUT2D eigenvalue weighted by atomic mass is 10.1. The number of ether oxygens (including phenoxy) is 3. The SMILES string of the molecule is CCCn1c(=O)n([C@@H]2O[C@H]([C@@H](OC(C)=O)C(F)(F)F)C[C@H]2OC(C)=O)c2nc(N)ncc21. The van der Waals surface area contributed by atoms with Crippen molar-refractivity contribution in [1.29, 1.82) is 0 Å². The third-order valence-corrected chi connectivity index (χ3v) is 4.79.